The van der Waals surface area contributed by atoms with Crippen molar-refractivity contribution in [1.82, 2.24) is 15.0 Å². The second-order valence-electron chi connectivity index (χ2n) is 6.48. The summed E-state index contributed by atoms with van der Waals surface area (Å²) >= 11 is 12.2. The molecule has 0 spiro atoms. The molecule has 0 radical (unpaired) electrons. The Balaban J connectivity index is 1.53. The summed E-state index contributed by atoms with van der Waals surface area (Å²) in [6.45, 7) is 0. The van der Waals surface area contributed by atoms with Gasteiger partial charge in [-0.25, -0.2) is 4.98 Å². The summed E-state index contributed by atoms with van der Waals surface area (Å²) in [5.41, 5.74) is 5.57. The van der Waals surface area contributed by atoms with Crippen LogP contribution in [0.15, 0.2) is 72.9 Å². The number of hydrogen-bond donors (Lipinski definition) is 2. The Morgan fingerprint density at radius 1 is 0.821 bits per heavy atom. The van der Waals surface area contributed by atoms with Gasteiger partial charge in [0, 0.05) is 38.6 Å². The third-order valence-corrected chi connectivity index (χ3v) is 4.98. The molecular formula is C22H14Cl2N4. The van der Waals surface area contributed by atoms with Crippen molar-refractivity contribution in [2.24, 2.45) is 0 Å². The fourth-order valence-electron chi connectivity index (χ4n) is 3.28. The third kappa shape index (κ3) is 3.17. The number of aromatic amines is 1. The third-order valence-electron chi connectivity index (χ3n) is 4.55. The van der Waals surface area contributed by atoms with Crippen molar-refractivity contribution < 1.29 is 0 Å². The number of benzene rings is 3. The number of rotatable bonds is 3. The van der Waals surface area contributed by atoms with Gasteiger partial charge in [0.15, 0.2) is 0 Å². The molecule has 0 unspecified atom stereocenters. The molecule has 0 atom stereocenters. The van der Waals surface area contributed by atoms with Crippen LogP contribution in [0.5, 0.6) is 0 Å². The predicted molar refractivity (Wildman–Crippen MR) is 117 cm³/mol. The van der Waals surface area contributed by atoms with Gasteiger partial charge in [0.1, 0.15) is 5.82 Å². The van der Waals surface area contributed by atoms with E-state index in [1.165, 1.54) is 0 Å². The molecule has 5 aromatic rings. The number of nitrogens with one attached hydrogen (secondary N) is 2. The molecule has 0 amide bonds. The Bertz CT molecular complexity index is 1300. The van der Waals surface area contributed by atoms with Crippen LogP contribution in [0.25, 0.3) is 33.3 Å². The van der Waals surface area contributed by atoms with Gasteiger partial charge in [0.25, 0.3) is 0 Å². The molecule has 6 heteroatoms. The Morgan fingerprint density at radius 3 is 2.50 bits per heavy atom. The standard InChI is InChI=1S/C22H14Cl2N4/c23-14-9-13(10-15(24)11-14)22-27-20-6-5-16(12-21(20)28-22)26-19-7-8-25-18-4-2-1-3-17(18)19/h1-12H,(H,25,26)(H,27,28). The Hall–Kier alpha value is -3.08. The van der Waals surface area contributed by atoms with Gasteiger partial charge in [-0.1, -0.05) is 41.4 Å². The summed E-state index contributed by atoms with van der Waals surface area (Å²) in [7, 11) is 0. The van der Waals surface area contributed by atoms with E-state index in [9.17, 15) is 0 Å². The van der Waals surface area contributed by atoms with Gasteiger partial charge < -0.3 is 10.3 Å². The number of halogens is 2. The van der Waals surface area contributed by atoms with Crippen LogP contribution < -0.4 is 5.32 Å². The Kier molecular flexibility index (Phi) is 4.15. The first-order valence-corrected chi connectivity index (χ1v) is 9.48. The van der Waals surface area contributed by atoms with Gasteiger partial charge in [0.05, 0.1) is 16.6 Å². The molecule has 0 aliphatic heterocycles. The highest BCUT2D eigenvalue weighted by Gasteiger charge is 2.09. The molecular weight excluding hydrogens is 391 g/mol. The quantitative estimate of drug-likeness (QED) is 0.346. The normalized spacial score (nSPS) is 11.2. The van der Waals surface area contributed by atoms with E-state index in [1.54, 1.807) is 12.3 Å². The number of hydrogen-bond acceptors (Lipinski definition) is 3. The number of fused-ring (bicyclic) bond motifs is 2. The van der Waals surface area contributed by atoms with Crippen molar-refractivity contribution in [3.63, 3.8) is 0 Å². The molecule has 2 heterocycles. The predicted octanol–water partition coefficient (Wildman–Crippen LogP) is 6.83. The summed E-state index contributed by atoms with van der Waals surface area (Å²) in [4.78, 5) is 12.4. The van der Waals surface area contributed by atoms with E-state index in [2.05, 4.69) is 26.3 Å². The van der Waals surface area contributed by atoms with Crippen LogP contribution in [0, 0.1) is 0 Å². The molecule has 0 saturated carbocycles. The molecule has 4 nitrogen and oxygen atoms in total. The highest BCUT2D eigenvalue weighted by Crippen LogP contribution is 2.29. The van der Waals surface area contributed by atoms with Crippen LogP contribution in [0.2, 0.25) is 10.0 Å². The van der Waals surface area contributed by atoms with Gasteiger partial charge in [0.2, 0.25) is 0 Å². The lowest BCUT2D eigenvalue weighted by Crippen LogP contribution is -1.92. The molecule has 2 N–H and O–H groups in total. The van der Waals surface area contributed by atoms with E-state index in [-0.39, 0.29) is 0 Å². The summed E-state index contributed by atoms with van der Waals surface area (Å²) in [5.74, 6) is 0.728. The van der Waals surface area contributed by atoms with E-state index in [0.717, 1.165) is 44.7 Å². The lowest BCUT2D eigenvalue weighted by atomic mass is 10.2. The molecule has 0 saturated heterocycles. The number of aromatic nitrogens is 3. The number of nitrogens with zero attached hydrogens (tertiary/aromatic N) is 2. The summed E-state index contributed by atoms with van der Waals surface area (Å²) < 4.78 is 0. The number of imidazole rings is 1. The fourth-order valence-corrected chi connectivity index (χ4v) is 3.80. The average Bonchev–Trinajstić information content (AvgIpc) is 3.11. The zero-order chi connectivity index (χ0) is 19.1. The molecule has 0 aliphatic carbocycles. The minimum absolute atomic E-state index is 0.579. The van der Waals surface area contributed by atoms with Crippen molar-refractivity contribution in [2.75, 3.05) is 5.32 Å². The molecule has 0 aliphatic rings. The SMILES string of the molecule is Clc1cc(Cl)cc(-c2nc3ccc(Nc4ccnc5ccccc45)cc3[nH]2)c1. The average molecular weight is 405 g/mol. The van der Waals surface area contributed by atoms with Crippen LogP contribution in [0.3, 0.4) is 0 Å². The van der Waals surface area contributed by atoms with E-state index >= 15 is 0 Å². The first-order chi connectivity index (χ1) is 13.7. The summed E-state index contributed by atoms with van der Waals surface area (Å²) in [5, 5.41) is 5.71. The van der Waals surface area contributed by atoms with Crippen molar-refractivity contribution in [2.45, 2.75) is 0 Å². The van der Waals surface area contributed by atoms with Gasteiger partial charge in [-0.2, -0.15) is 0 Å². The smallest absolute Gasteiger partial charge is 0.138 e. The van der Waals surface area contributed by atoms with Crippen molar-refractivity contribution in [3.8, 4) is 11.4 Å². The molecule has 0 fully saturated rings. The van der Waals surface area contributed by atoms with Crippen LogP contribution in [0.1, 0.15) is 0 Å². The molecule has 136 valence electrons. The minimum atomic E-state index is 0.579. The molecule has 2 aromatic heterocycles. The van der Waals surface area contributed by atoms with E-state index in [1.807, 2.05) is 54.6 Å². The summed E-state index contributed by atoms with van der Waals surface area (Å²) in [6.07, 6.45) is 1.81. The highest BCUT2D eigenvalue weighted by molar-refractivity contribution is 6.35. The first kappa shape index (κ1) is 17.0. The van der Waals surface area contributed by atoms with Crippen LogP contribution in [-0.2, 0) is 0 Å². The van der Waals surface area contributed by atoms with E-state index < -0.39 is 0 Å². The van der Waals surface area contributed by atoms with E-state index in [4.69, 9.17) is 23.2 Å². The van der Waals surface area contributed by atoms with Gasteiger partial charge in [-0.05, 0) is 48.5 Å². The van der Waals surface area contributed by atoms with Gasteiger partial charge in [-0.3, -0.25) is 4.98 Å². The maximum absolute atomic E-state index is 6.12. The van der Waals surface area contributed by atoms with Gasteiger partial charge in [-0.15, -0.1) is 0 Å². The highest BCUT2D eigenvalue weighted by atomic mass is 35.5. The maximum atomic E-state index is 6.12. The monoisotopic (exact) mass is 404 g/mol. The zero-order valence-corrected chi connectivity index (χ0v) is 16.1. The van der Waals surface area contributed by atoms with Crippen LogP contribution >= 0.6 is 23.2 Å². The number of para-hydroxylation sites is 1. The van der Waals surface area contributed by atoms with Crippen LogP contribution in [0.4, 0.5) is 11.4 Å². The number of pyridine rings is 1. The first-order valence-electron chi connectivity index (χ1n) is 8.73. The number of H-pyrrole nitrogens is 1. The lowest BCUT2D eigenvalue weighted by Gasteiger charge is -2.09. The second kappa shape index (κ2) is 6.82. The molecule has 3 aromatic carbocycles. The molecule has 28 heavy (non-hydrogen) atoms. The molecule has 5 rings (SSSR count). The largest absolute Gasteiger partial charge is 0.355 e. The topological polar surface area (TPSA) is 53.6 Å². The maximum Gasteiger partial charge on any atom is 0.138 e. The molecule has 0 bridgehead atoms. The minimum Gasteiger partial charge on any atom is -0.355 e. The second-order valence-corrected chi connectivity index (χ2v) is 7.35. The van der Waals surface area contributed by atoms with Gasteiger partial charge >= 0.3 is 0 Å². The zero-order valence-electron chi connectivity index (χ0n) is 14.6. The lowest BCUT2D eigenvalue weighted by molar-refractivity contribution is 1.34. The Morgan fingerprint density at radius 2 is 1.64 bits per heavy atom. The van der Waals surface area contributed by atoms with Crippen molar-refractivity contribution in [1.29, 1.82) is 0 Å². The van der Waals surface area contributed by atoms with Crippen molar-refractivity contribution in [3.05, 3.63) is 83.0 Å². The number of anilines is 2. The Labute approximate surface area is 171 Å². The van der Waals surface area contributed by atoms with E-state index in [0.29, 0.717) is 10.0 Å². The fraction of sp³-hybridized carbons (Fsp3) is 0. The van der Waals surface area contributed by atoms with Crippen LogP contribution in [-0.4, -0.2) is 15.0 Å². The summed E-state index contributed by atoms with van der Waals surface area (Å²) in [6, 6.07) is 21.4. The van der Waals surface area contributed by atoms with Crippen molar-refractivity contribution >= 4 is 56.5 Å².